The number of thiophene rings is 1. The molecule has 13 nitrogen and oxygen atoms in total. The van der Waals surface area contributed by atoms with Crippen LogP contribution in [-0.2, 0) is 48.6 Å². The lowest BCUT2D eigenvalue weighted by atomic mass is 10.1. The molecule has 2 heterocycles. The van der Waals surface area contributed by atoms with Crippen molar-refractivity contribution in [3.8, 4) is 0 Å². The van der Waals surface area contributed by atoms with Crippen molar-refractivity contribution in [1.29, 1.82) is 0 Å². The van der Waals surface area contributed by atoms with Crippen molar-refractivity contribution in [2.75, 3.05) is 46.6 Å². The summed E-state index contributed by atoms with van der Waals surface area (Å²) < 4.78 is 69.0. The second-order valence-electron chi connectivity index (χ2n) is 7.76. The van der Waals surface area contributed by atoms with Crippen LogP contribution in [0.1, 0.15) is 44.7 Å². The van der Waals surface area contributed by atoms with Gasteiger partial charge < -0.3 is 19.5 Å². The third kappa shape index (κ3) is 8.21. The number of fused-ring (bicyclic) bond motifs is 1. The molecule has 204 valence electrons. The van der Waals surface area contributed by atoms with E-state index in [1.54, 1.807) is 0 Å². The number of esters is 2. The van der Waals surface area contributed by atoms with E-state index in [-0.39, 0.29) is 41.0 Å². The molecule has 1 aromatic heterocycles. The first-order valence-electron chi connectivity index (χ1n) is 11.1. The first kappa shape index (κ1) is 30.1. The summed E-state index contributed by atoms with van der Waals surface area (Å²) in [5, 5.41) is 3.18. The molecular formula is C20H31N3O10S3. The maximum absolute atomic E-state index is 13.1. The zero-order valence-corrected chi connectivity index (χ0v) is 22.7. The Morgan fingerprint density at radius 2 is 1.92 bits per heavy atom. The third-order valence-electron chi connectivity index (χ3n) is 4.96. The van der Waals surface area contributed by atoms with Gasteiger partial charge in [-0.3, -0.25) is 9.59 Å². The van der Waals surface area contributed by atoms with Crippen LogP contribution in [0.2, 0.25) is 0 Å². The van der Waals surface area contributed by atoms with Gasteiger partial charge in [0.05, 0.1) is 6.61 Å². The van der Waals surface area contributed by atoms with Crippen molar-refractivity contribution in [1.82, 2.24) is 14.3 Å². The number of ether oxygens (including phenoxy) is 3. The molecule has 0 aliphatic carbocycles. The molecule has 2 N–H and O–H groups in total. The molecule has 0 saturated carbocycles. The summed E-state index contributed by atoms with van der Waals surface area (Å²) in [6.07, 6.45) is 0.244. The number of likely N-dealkylation sites (N-methyl/N-ethyl adjacent to an activating group) is 1. The molecule has 1 aromatic rings. The number of carbonyl (C=O) groups excluding carboxylic acids is 3. The molecule has 0 aromatic carbocycles. The SMILES string of the molecule is CCN[C@H]1CN(CCCOC)S(=O)(=O)c2sc(S(=O)(=O)NC(=O)CCCOC(=O)COC(C)=O)cc21. The van der Waals surface area contributed by atoms with Gasteiger partial charge in [0, 0.05) is 51.8 Å². The van der Waals surface area contributed by atoms with Gasteiger partial charge in [-0.25, -0.2) is 26.4 Å². The Morgan fingerprint density at radius 1 is 1.19 bits per heavy atom. The molecular weight excluding hydrogens is 538 g/mol. The van der Waals surface area contributed by atoms with Crippen molar-refractivity contribution < 1.29 is 45.4 Å². The second kappa shape index (κ2) is 13.4. The predicted octanol–water partition coefficient (Wildman–Crippen LogP) is 0.131. The first-order chi connectivity index (χ1) is 16.9. The number of methoxy groups -OCH3 is 1. The van der Waals surface area contributed by atoms with Crippen LogP contribution in [-0.4, -0.2) is 85.6 Å². The average molecular weight is 570 g/mol. The summed E-state index contributed by atoms with van der Waals surface area (Å²) in [7, 11) is -6.73. The number of nitrogens with zero attached hydrogens (tertiary/aromatic N) is 1. The lowest BCUT2D eigenvalue weighted by molar-refractivity contribution is -0.157. The minimum absolute atomic E-state index is 0.0292. The number of sulfonamides is 2. The summed E-state index contributed by atoms with van der Waals surface area (Å²) in [5.74, 6) is -2.28. The van der Waals surface area contributed by atoms with Crippen LogP contribution in [0.15, 0.2) is 14.5 Å². The molecule has 0 unspecified atom stereocenters. The van der Waals surface area contributed by atoms with Crippen LogP contribution >= 0.6 is 11.3 Å². The van der Waals surface area contributed by atoms with Crippen molar-refractivity contribution in [2.45, 2.75) is 47.6 Å². The molecule has 0 fully saturated rings. The molecule has 16 heteroatoms. The van der Waals surface area contributed by atoms with E-state index < -0.39 is 50.5 Å². The quantitative estimate of drug-likeness (QED) is 0.230. The Morgan fingerprint density at radius 3 is 2.56 bits per heavy atom. The second-order valence-corrected chi connectivity index (χ2v) is 12.9. The Labute approximate surface area is 214 Å². The van der Waals surface area contributed by atoms with E-state index in [9.17, 15) is 31.2 Å². The van der Waals surface area contributed by atoms with Crippen LogP contribution in [0.5, 0.6) is 0 Å². The molecule has 1 amide bonds. The van der Waals surface area contributed by atoms with Crippen LogP contribution in [0.4, 0.5) is 0 Å². The zero-order chi connectivity index (χ0) is 26.9. The van der Waals surface area contributed by atoms with Crippen molar-refractivity contribution in [2.24, 2.45) is 0 Å². The lowest BCUT2D eigenvalue weighted by Crippen LogP contribution is -2.43. The molecule has 0 saturated heterocycles. The Kier molecular flexibility index (Phi) is 11.2. The smallest absolute Gasteiger partial charge is 0.344 e. The Hall–Kier alpha value is -2.11. The van der Waals surface area contributed by atoms with E-state index in [1.807, 2.05) is 11.6 Å². The molecule has 2 rings (SSSR count). The number of hydrogen-bond donors (Lipinski definition) is 2. The normalized spacial score (nSPS) is 17.2. The topological polar surface area (TPSA) is 174 Å². The van der Waals surface area contributed by atoms with Gasteiger partial charge in [-0.15, -0.1) is 11.3 Å². The highest BCUT2D eigenvalue weighted by molar-refractivity contribution is 7.94. The zero-order valence-electron chi connectivity index (χ0n) is 20.3. The Bertz CT molecular complexity index is 1150. The Balaban J connectivity index is 2.07. The first-order valence-corrected chi connectivity index (χ1v) is 14.9. The number of nitrogens with one attached hydrogen (secondary N) is 2. The average Bonchev–Trinajstić information content (AvgIpc) is 3.26. The monoisotopic (exact) mass is 569 g/mol. The lowest BCUT2D eigenvalue weighted by Gasteiger charge is -2.32. The molecule has 0 bridgehead atoms. The van der Waals surface area contributed by atoms with Crippen LogP contribution < -0.4 is 10.0 Å². The minimum atomic E-state index is -4.33. The summed E-state index contributed by atoms with van der Waals surface area (Å²) >= 11 is 0.589. The van der Waals surface area contributed by atoms with Gasteiger partial charge in [0.2, 0.25) is 5.91 Å². The van der Waals surface area contributed by atoms with Crippen molar-refractivity contribution >= 4 is 49.2 Å². The third-order valence-corrected chi connectivity index (χ3v) is 10.4. The van der Waals surface area contributed by atoms with Crippen LogP contribution in [0.3, 0.4) is 0 Å². The van der Waals surface area contributed by atoms with E-state index >= 15 is 0 Å². The highest BCUT2D eigenvalue weighted by Gasteiger charge is 2.40. The van der Waals surface area contributed by atoms with Gasteiger partial charge in [-0.1, -0.05) is 6.92 Å². The number of amides is 1. The van der Waals surface area contributed by atoms with Gasteiger partial charge in [0.1, 0.15) is 8.42 Å². The fourth-order valence-corrected chi connectivity index (χ4v) is 8.25. The van der Waals surface area contributed by atoms with Crippen molar-refractivity contribution in [3.63, 3.8) is 0 Å². The van der Waals surface area contributed by atoms with Gasteiger partial charge >= 0.3 is 11.9 Å². The summed E-state index contributed by atoms with van der Waals surface area (Å²) in [6.45, 7) is 3.54. The maximum Gasteiger partial charge on any atom is 0.344 e. The van der Waals surface area contributed by atoms with Gasteiger partial charge in [-0.2, -0.15) is 4.31 Å². The van der Waals surface area contributed by atoms with Gasteiger partial charge in [-0.05, 0) is 25.5 Å². The molecule has 1 aliphatic heterocycles. The number of rotatable bonds is 14. The number of hydrogen-bond acceptors (Lipinski definition) is 12. The summed E-state index contributed by atoms with van der Waals surface area (Å²) in [4.78, 5) is 34.2. The standard InChI is InChI=1S/C20H31N3O10S3/c1-4-21-16-12-23(8-6-9-31-3)36(29,30)20-15(16)11-19(34-20)35(27,28)22-17(25)7-5-10-32-18(26)13-33-14(2)24/h11,16,21H,4-10,12-13H2,1-3H3,(H,22,25)/t16-/m0/s1. The van der Waals surface area contributed by atoms with Crippen LogP contribution in [0.25, 0.3) is 0 Å². The fraction of sp³-hybridized carbons (Fsp3) is 0.650. The van der Waals surface area contributed by atoms with E-state index in [0.29, 0.717) is 36.5 Å². The number of carbonyl (C=O) groups is 3. The van der Waals surface area contributed by atoms with Gasteiger partial charge in [0.15, 0.2) is 6.61 Å². The predicted molar refractivity (Wildman–Crippen MR) is 128 cm³/mol. The molecule has 36 heavy (non-hydrogen) atoms. The summed E-state index contributed by atoms with van der Waals surface area (Å²) in [5.41, 5.74) is 0.345. The minimum Gasteiger partial charge on any atom is -0.463 e. The van der Waals surface area contributed by atoms with E-state index in [4.69, 9.17) is 9.47 Å². The molecule has 0 spiro atoms. The fourth-order valence-electron chi connectivity index (χ4n) is 3.35. The van der Waals surface area contributed by atoms with Gasteiger partial charge in [0.25, 0.3) is 20.0 Å². The van der Waals surface area contributed by atoms with E-state index in [1.165, 1.54) is 17.5 Å². The highest BCUT2D eigenvalue weighted by atomic mass is 32.3. The van der Waals surface area contributed by atoms with E-state index in [0.717, 1.165) is 6.92 Å². The van der Waals surface area contributed by atoms with E-state index in [2.05, 4.69) is 10.1 Å². The molecule has 0 radical (unpaired) electrons. The maximum atomic E-state index is 13.1. The summed E-state index contributed by atoms with van der Waals surface area (Å²) in [6, 6.07) is 0.873. The largest absolute Gasteiger partial charge is 0.463 e. The molecule has 1 atom stereocenters. The van der Waals surface area contributed by atoms with Crippen LogP contribution in [0, 0.1) is 0 Å². The highest BCUT2D eigenvalue weighted by Crippen LogP contribution is 2.40. The van der Waals surface area contributed by atoms with Crippen molar-refractivity contribution in [3.05, 3.63) is 11.6 Å². The molecule has 1 aliphatic rings.